The monoisotopic (exact) mass is 212 g/mol. The van der Waals surface area contributed by atoms with E-state index in [0.717, 1.165) is 24.8 Å². The number of Topliss-reactive ketones (excluding diaryl/α,β-unsaturated/α-hetero) is 1. The lowest BCUT2D eigenvalue weighted by Gasteiger charge is -2.12. The van der Waals surface area contributed by atoms with Gasteiger partial charge in [0.1, 0.15) is 0 Å². The quantitative estimate of drug-likeness (QED) is 0.548. The molecule has 0 spiro atoms. The van der Waals surface area contributed by atoms with Crippen LogP contribution >= 0.6 is 0 Å². The predicted molar refractivity (Wildman–Crippen MR) is 66.4 cm³/mol. The smallest absolute Gasteiger partial charge is 0.169 e. The number of hydrogen-bond acceptors (Lipinski definition) is 1. The first kappa shape index (κ1) is 10.9. The number of carbonyl (C=O) groups is 1. The summed E-state index contributed by atoms with van der Waals surface area (Å²) in [6.45, 7) is 3.74. The van der Waals surface area contributed by atoms with Crippen molar-refractivity contribution in [1.82, 2.24) is 0 Å². The minimum absolute atomic E-state index is 0.0837. The van der Waals surface area contributed by atoms with Crippen LogP contribution in [0.4, 0.5) is 0 Å². The molecule has 1 nitrogen and oxygen atoms in total. The Morgan fingerprint density at radius 3 is 2.81 bits per heavy atom. The maximum absolute atomic E-state index is 12.3. The van der Waals surface area contributed by atoms with Gasteiger partial charge in [0, 0.05) is 11.5 Å². The van der Waals surface area contributed by atoms with Crippen molar-refractivity contribution < 1.29 is 4.79 Å². The first-order chi connectivity index (χ1) is 7.83. The number of benzene rings is 1. The van der Waals surface area contributed by atoms with Crippen molar-refractivity contribution >= 4 is 5.78 Å². The highest BCUT2D eigenvalue weighted by Crippen LogP contribution is 2.31. The molecule has 0 aromatic heterocycles. The molecule has 0 saturated carbocycles. The largest absolute Gasteiger partial charge is 0.294 e. The molecular formula is C15H16O. The van der Waals surface area contributed by atoms with Gasteiger partial charge in [-0.2, -0.15) is 0 Å². The van der Waals surface area contributed by atoms with Gasteiger partial charge in [0.05, 0.1) is 0 Å². The van der Waals surface area contributed by atoms with E-state index >= 15 is 0 Å². The summed E-state index contributed by atoms with van der Waals surface area (Å²) in [4.78, 5) is 12.3. The minimum atomic E-state index is 0.0837. The summed E-state index contributed by atoms with van der Waals surface area (Å²) >= 11 is 0. The van der Waals surface area contributed by atoms with E-state index in [1.54, 1.807) is 0 Å². The summed E-state index contributed by atoms with van der Waals surface area (Å²) in [6, 6.07) is 9.56. The van der Waals surface area contributed by atoms with Crippen LogP contribution in [0.15, 0.2) is 54.6 Å². The van der Waals surface area contributed by atoms with Crippen molar-refractivity contribution in [3.05, 3.63) is 60.2 Å². The predicted octanol–water partition coefficient (Wildman–Crippen LogP) is 3.78. The second kappa shape index (κ2) is 4.93. The molecule has 0 heterocycles. The Hall–Kier alpha value is -1.63. The third-order valence-electron chi connectivity index (χ3n) is 3.06. The van der Waals surface area contributed by atoms with Crippen LogP contribution in [0.25, 0.3) is 0 Å². The summed E-state index contributed by atoms with van der Waals surface area (Å²) in [5.74, 6) is 0.339. The third-order valence-corrected chi connectivity index (χ3v) is 3.06. The van der Waals surface area contributed by atoms with Crippen molar-refractivity contribution in [2.75, 3.05) is 0 Å². The average Bonchev–Trinajstić information content (AvgIpc) is 2.78. The molecule has 0 N–H and O–H groups in total. The van der Waals surface area contributed by atoms with Gasteiger partial charge in [-0.3, -0.25) is 4.79 Å². The molecule has 1 aliphatic carbocycles. The molecule has 0 unspecified atom stereocenters. The number of allylic oxidation sites excluding steroid dienone is 3. The van der Waals surface area contributed by atoms with E-state index in [2.05, 4.69) is 12.7 Å². The molecule has 1 aromatic rings. The van der Waals surface area contributed by atoms with Crippen LogP contribution in [0, 0.1) is 5.92 Å². The average molecular weight is 212 g/mol. The van der Waals surface area contributed by atoms with Gasteiger partial charge in [-0.1, -0.05) is 48.1 Å². The maximum Gasteiger partial charge on any atom is 0.169 e. The zero-order valence-electron chi connectivity index (χ0n) is 9.36. The Bertz CT molecular complexity index is 414. The van der Waals surface area contributed by atoms with Crippen molar-refractivity contribution in [1.29, 1.82) is 0 Å². The summed E-state index contributed by atoms with van der Waals surface area (Å²) in [7, 11) is 0. The zero-order valence-corrected chi connectivity index (χ0v) is 9.36. The fourth-order valence-corrected chi connectivity index (χ4v) is 2.26. The van der Waals surface area contributed by atoms with E-state index in [1.165, 1.54) is 5.57 Å². The molecule has 0 saturated heterocycles. The van der Waals surface area contributed by atoms with E-state index in [4.69, 9.17) is 0 Å². The summed E-state index contributed by atoms with van der Waals surface area (Å²) in [5, 5.41) is 0. The molecular weight excluding hydrogens is 196 g/mol. The second-order valence-electron chi connectivity index (χ2n) is 4.13. The highest BCUT2D eigenvalue weighted by molar-refractivity contribution is 5.99. The Kier molecular flexibility index (Phi) is 3.35. The normalized spacial score (nSPS) is 19.2. The van der Waals surface area contributed by atoms with Gasteiger partial charge < -0.3 is 0 Å². The molecule has 0 radical (unpaired) electrons. The van der Waals surface area contributed by atoms with Gasteiger partial charge in [0.2, 0.25) is 0 Å². The lowest BCUT2D eigenvalue weighted by molar-refractivity contribution is 0.0938. The van der Waals surface area contributed by atoms with Gasteiger partial charge in [0.15, 0.2) is 5.78 Å². The van der Waals surface area contributed by atoms with Crippen LogP contribution in [0.1, 0.15) is 29.6 Å². The molecule has 1 heteroatoms. The van der Waals surface area contributed by atoms with E-state index in [-0.39, 0.29) is 11.7 Å². The molecule has 1 atom stereocenters. The maximum atomic E-state index is 12.3. The van der Waals surface area contributed by atoms with Gasteiger partial charge >= 0.3 is 0 Å². The first-order valence-electron chi connectivity index (χ1n) is 5.72. The zero-order chi connectivity index (χ0) is 11.4. The van der Waals surface area contributed by atoms with Crippen molar-refractivity contribution in [2.45, 2.75) is 19.3 Å². The lowest BCUT2D eigenvalue weighted by Crippen LogP contribution is -2.14. The molecule has 16 heavy (non-hydrogen) atoms. The van der Waals surface area contributed by atoms with Crippen molar-refractivity contribution in [3.63, 3.8) is 0 Å². The third kappa shape index (κ3) is 2.13. The number of carbonyl (C=O) groups excluding carboxylic acids is 1. The van der Waals surface area contributed by atoms with Crippen LogP contribution in [0.3, 0.4) is 0 Å². The molecule has 0 bridgehead atoms. The topological polar surface area (TPSA) is 17.1 Å². The SMILES string of the molecule is C=CCC1=CCC[C@@H]1C(=O)c1ccccc1. The fraction of sp³-hybridized carbons (Fsp3) is 0.267. The van der Waals surface area contributed by atoms with E-state index < -0.39 is 0 Å². The molecule has 0 aliphatic heterocycles. The van der Waals surface area contributed by atoms with Crippen molar-refractivity contribution in [3.8, 4) is 0 Å². The second-order valence-corrected chi connectivity index (χ2v) is 4.13. The molecule has 1 aromatic carbocycles. The molecule has 0 amide bonds. The number of rotatable bonds is 4. The van der Waals surface area contributed by atoms with Gasteiger partial charge in [-0.15, -0.1) is 6.58 Å². The molecule has 0 fully saturated rings. The highest BCUT2D eigenvalue weighted by Gasteiger charge is 2.25. The van der Waals surface area contributed by atoms with Gasteiger partial charge in [-0.25, -0.2) is 0 Å². The van der Waals surface area contributed by atoms with E-state index in [9.17, 15) is 4.79 Å². The van der Waals surface area contributed by atoms with E-state index in [0.29, 0.717) is 0 Å². The summed E-state index contributed by atoms with van der Waals surface area (Å²) in [6.07, 6.45) is 6.88. The molecule has 2 rings (SSSR count). The van der Waals surface area contributed by atoms with Crippen LogP contribution in [-0.2, 0) is 0 Å². The van der Waals surface area contributed by atoms with Gasteiger partial charge in [0.25, 0.3) is 0 Å². The molecule has 82 valence electrons. The molecule has 1 aliphatic rings. The fourth-order valence-electron chi connectivity index (χ4n) is 2.26. The van der Waals surface area contributed by atoms with Gasteiger partial charge in [-0.05, 0) is 19.3 Å². The lowest BCUT2D eigenvalue weighted by atomic mass is 9.90. The van der Waals surface area contributed by atoms with E-state index in [1.807, 2.05) is 36.4 Å². The number of hydrogen-bond donors (Lipinski definition) is 0. The Balaban J connectivity index is 2.17. The number of ketones is 1. The standard InChI is InChI=1S/C15H16O/c1-2-7-12-10-6-11-14(12)15(16)13-8-4-3-5-9-13/h2-5,8-10,14H,1,6-7,11H2/t14-/m0/s1. The Labute approximate surface area is 96.5 Å². The van der Waals surface area contributed by atoms with Crippen LogP contribution in [-0.4, -0.2) is 5.78 Å². The van der Waals surface area contributed by atoms with Crippen LogP contribution in [0.5, 0.6) is 0 Å². The summed E-state index contributed by atoms with van der Waals surface area (Å²) < 4.78 is 0. The van der Waals surface area contributed by atoms with Crippen LogP contribution in [0.2, 0.25) is 0 Å². The van der Waals surface area contributed by atoms with Crippen LogP contribution < -0.4 is 0 Å². The Morgan fingerprint density at radius 1 is 1.38 bits per heavy atom. The Morgan fingerprint density at radius 2 is 2.12 bits per heavy atom. The van der Waals surface area contributed by atoms with Crippen molar-refractivity contribution in [2.24, 2.45) is 5.92 Å². The highest BCUT2D eigenvalue weighted by atomic mass is 16.1. The first-order valence-corrected chi connectivity index (χ1v) is 5.72. The minimum Gasteiger partial charge on any atom is -0.294 e. The summed E-state index contributed by atoms with van der Waals surface area (Å²) in [5.41, 5.74) is 2.06.